The van der Waals surface area contributed by atoms with Crippen molar-refractivity contribution in [3.63, 3.8) is 0 Å². The molecule has 0 spiro atoms. The molecule has 3 aromatic rings. The second-order valence-corrected chi connectivity index (χ2v) is 14.0. The Balaban J connectivity index is 1.50. The van der Waals surface area contributed by atoms with Gasteiger partial charge in [-0.1, -0.05) is 74.0 Å². The average Bonchev–Trinajstić information content (AvgIpc) is 3.51. The highest BCUT2D eigenvalue weighted by Crippen LogP contribution is 2.27. The Bertz CT molecular complexity index is 1540. The molecule has 264 valence electrons. The van der Waals surface area contributed by atoms with Crippen LogP contribution in [0.25, 0.3) is 0 Å². The molecular weight excluding hydrogens is 624 g/mol. The van der Waals surface area contributed by atoms with Gasteiger partial charge in [-0.05, 0) is 64.5 Å². The molecular formula is C37H50N6O6. The Hall–Kier alpha value is -4.71. The Morgan fingerprint density at radius 2 is 1.57 bits per heavy atom. The largest absolute Gasteiger partial charge is 0.444 e. The van der Waals surface area contributed by atoms with Crippen LogP contribution >= 0.6 is 0 Å². The van der Waals surface area contributed by atoms with Crippen LogP contribution in [0.15, 0.2) is 73.2 Å². The number of piperidine rings is 1. The molecule has 2 heterocycles. The molecule has 3 N–H and O–H groups in total. The van der Waals surface area contributed by atoms with Gasteiger partial charge in [0.15, 0.2) is 5.82 Å². The number of carbonyl (C=O) groups excluding carboxylic acids is 4. The predicted octanol–water partition coefficient (Wildman–Crippen LogP) is 5.06. The third-order valence-electron chi connectivity index (χ3n) is 8.40. The number of ether oxygens (including phenoxy) is 2. The van der Waals surface area contributed by atoms with Gasteiger partial charge < -0.3 is 34.9 Å². The molecule has 0 saturated carbocycles. The predicted molar refractivity (Wildman–Crippen MR) is 187 cm³/mol. The van der Waals surface area contributed by atoms with Crippen molar-refractivity contribution in [3.8, 4) is 0 Å². The molecule has 2 aromatic carbocycles. The van der Waals surface area contributed by atoms with Crippen molar-refractivity contribution in [2.24, 2.45) is 5.92 Å². The second kappa shape index (κ2) is 16.6. The number of aromatic nitrogens is 2. The van der Waals surface area contributed by atoms with Crippen LogP contribution in [0.5, 0.6) is 0 Å². The van der Waals surface area contributed by atoms with Crippen molar-refractivity contribution < 1.29 is 28.7 Å². The lowest BCUT2D eigenvalue weighted by molar-refractivity contribution is -0.135. The lowest BCUT2D eigenvalue weighted by Crippen LogP contribution is -2.59. The van der Waals surface area contributed by atoms with Crippen LogP contribution in [-0.4, -0.2) is 75.1 Å². The van der Waals surface area contributed by atoms with Gasteiger partial charge in [0.05, 0.1) is 19.5 Å². The molecule has 1 aliphatic heterocycles. The summed E-state index contributed by atoms with van der Waals surface area (Å²) in [4.78, 5) is 59.8. The van der Waals surface area contributed by atoms with E-state index in [1.807, 2.05) is 65.6 Å². The molecule has 1 aromatic heterocycles. The quantitative estimate of drug-likeness (QED) is 0.230. The Morgan fingerprint density at radius 3 is 2.18 bits per heavy atom. The van der Waals surface area contributed by atoms with E-state index < -0.39 is 41.1 Å². The summed E-state index contributed by atoms with van der Waals surface area (Å²) >= 11 is 0. The van der Waals surface area contributed by atoms with E-state index in [4.69, 9.17) is 9.47 Å². The summed E-state index contributed by atoms with van der Waals surface area (Å²) in [5.41, 5.74) is -0.477. The summed E-state index contributed by atoms with van der Waals surface area (Å²) in [6, 6.07) is 17.1. The first-order valence-corrected chi connectivity index (χ1v) is 16.9. The minimum Gasteiger partial charge on any atom is -0.444 e. The number of nitrogens with one attached hydrogen (secondary N) is 3. The molecule has 1 aliphatic rings. The van der Waals surface area contributed by atoms with E-state index in [0.29, 0.717) is 19.0 Å². The smallest absolute Gasteiger partial charge is 0.408 e. The number of benzene rings is 2. The molecule has 49 heavy (non-hydrogen) atoms. The molecule has 4 rings (SSSR count). The number of amides is 4. The topological polar surface area (TPSA) is 144 Å². The van der Waals surface area contributed by atoms with E-state index in [-0.39, 0.29) is 24.9 Å². The van der Waals surface area contributed by atoms with Crippen molar-refractivity contribution in [1.29, 1.82) is 0 Å². The van der Waals surface area contributed by atoms with Gasteiger partial charge in [0.2, 0.25) is 11.8 Å². The highest BCUT2D eigenvalue weighted by atomic mass is 16.6. The molecule has 0 bridgehead atoms. The normalized spacial score (nSPS) is 15.2. The number of hydrogen-bond acceptors (Lipinski definition) is 7. The molecule has 1 fully saturated rings. The fraction of sp³-hybridized carbons (Fsp3) is 0.486. The van der Waals surface area contributed by atoms with Crippen LogP contribution in [0.2, 0.25) is 0 Å². The number of alkyl carbamates (subject to hydrolysis) is 1. The lowest BCUT2D eigenvalue weighted by Gasteiger charge is -2.34. The van der Waals surface area contributed by atoms with E-state index in [1.165, 1.54) is 20.2 Å². The minimum absolute atomic E-state index is 0.0322. The number of rotatable bonds is 13. The zero-order chi connectivity index (χ0) is 35.6. The third kappa shape index (κ3) is 10.9. The van der Waals surface area contributed by atoms with E-state index in [0.717, 1.165) is 30.4 Å². The highest BCUT2D eigenvalue weighted by Gasteiger charge is 2.35. The molecule has 1 saturated heterocycles. The summed E-state index contributed by atoms with van der Waals surface area (Å²) in [5.74, 6) is -0.400. The first-order chi connectivity index (χ1) is 23.3. The van der Waals surface area contributed by atoms with Crippen molar-refractivity contribution in [1.82, 2.24) is 25.1 Å². The summed E-state index contributed by atoms with van der Waals surface area (Å²) in [7, 11) is 0. The fourth-order valence-corrected chi connectivity index (χ4v) is 5.57. The maximum absolute atomic E-state index is 13.9. The summed E-state index contributed by atoms with van der Waals surface area (Å²) in [6.07, 6.45) is 5.42. The van der Waals surface area contributed by atoms with Crippen molar-refractivity contribution in [2.45, 2.75) is 90.6 Å². The van der Waals surface area contributed by atoms with Gasteiger partial charge in [0.1, 0.15) is 23.2 Å². The summed E-state index contributed by atoms with van der Waals surface area (Å²) in [5, 5.41) is 8.06. The second-order valence-electron chi connectivity index (χ2n) is 14.0. The Morgan fingerprint density at radius 1 is 0.939 bits per heavy atom. The zero-order valence-electron chi connectivity index (χ0n) is 29.4. The third-order valence-corrected chi connectivity index (χ3v) is 8.40. The molecule has 12 nitrogen and oxygen atoms in total. The van der Waals surface area contributed by atoms with Gasteiger partial charge in [-0.25, -0.2) is 9.78 Å². The first kappa shape index (κ1) is 37.1. The molecule has 1 unspecified atom stereocenters. The average molecular weight is 675 g/mol. The van der Waals surface area contributed by atoms with Gasteiger partial charge in [-0.2, -0.15) is 0 Å². The highest BCUT2D eigenvalue weighted by molar-refractivity contribution is 5.98. The van der Waals surface area contributed by atoms with Crippen LogP contribution in [0.1, 0.15) is 78.0 Å². The van der Waals surface area contributed by atoms with E-state index in [1.54, 1.807) is 31.5 Å². The Labute approximate surface area is 288 Å². The lowest BCUT2D eigenvalue weighted by atomic mass is 9.93. The monoisotopic (exact) mass is 674 g/mol. The van der Waals surface area contributed by atoms with Gasteiger partial charge in [-0.15, -0.1) is 0 Å². The maximum Gasteiger partial charge on any atom is 0.408 e. The van der Waals surface area contributed by atoms with Crippen molar-refractivity contribution in [2.75, 3.05) is 25.0 Å². The summed E-state index contributed by atoms with van der Waals surface area (Å²) in [6.45, 7) is 11.8. The van der Waals surface area contributed by atoms with Crippen LogP contribution in [-0.2, 0) is 30.5 Å². The number of nitrogens with zero attached hydrogens (tertiary/aromatic N) is 3. The van der Waals surface area contributed by atoms with Crippen molar-refractivity contribution >= 4 is 29.6 Å². The van der Waals surface area contributed by atoms with E-state index in [9.17, 15) is 19.2 Å². The number of carbonyl (C=O) groups is 4. The fourth-order valence-electron chi connectivity index (χ4n) is 5.57. The molecule has 2 atom stereocenters. The zero-order valence-corrected chi connectivity index (χ0v) is 29.4. The number of anilines is 1. The van der Waals surface area contributed by atoms with Gasteiger partial charge in [0, 0.05) is 19.3 Å². The molecule has 0 radical (unpaired) electrons. The number of hydrogen-bond donors (Lipinski definition) is 3. The van der Waals surface area contributed by atoms with Gasteiger partial charge >= 0.3 is 6.09 Å². The van der Waals surface area contributed by atoms with Crippen LogP contribution in [0.3, 0.4) is 0 Å². The molecule has 0 aliphatic carbocycles. The van der Waals surface area contributed by atoms with E-state index in [2.05, 4.69) is 27.9 Å². The van der Waals surface area contributed by atoms with E-state index >= 15 is 0 Å². The molecule has 12 heteroatoms. The summed E-state index contributed by atoms with van der Waals surface area (Å²) < 4.78 is 12.9. The number of imidazole rings is 1. The van der Waals surface area contributed by atoms with Crippen LogP contribution in [0.4, 0.5) is 10.6 Å². The van der Waals surface area contributed by atoms with Crippen LogP contribution in [0, 0.1) is 5.92 Å². The van der Waals surface area contributed by atoms with Gasteiger partial charge in [-0.3, -0.25) is 14.4 Å². The van der Waals surface area contributed by atoms with Crippen molar-refractivity contribution in [3.05, 3.63) is 84.3 Å². The molecule has 4 amide bonds. The Kier molecular flexibility index (Phi) is 12.6. The van der Waals surface area contributed by atoms with Gasteiger partial charge in [0.25, 0.3) is 5.91 Å². The van der Waals surface area contributed by atoms with Crippen LogP contribution < -0.4 is 16.0 Å². The standard InChI is InChI=1S/C37H50N6O6/c1-7-26-18-20-42(21-19-26)33(45)31(28-16-12-9-13-17-28)43-22-30(38-25-43)40-32(44)29(24-48-23-27-14-10-8-11-15-27)39-34(46)37(5,6)41-35(47)49-36(2,3)4/h8-17,22,25-26,29,31H,7,18-21,23-24H2,1-6H3,(H,39,46)(H,40,44)(H,41,47)/t29-,31?/m1/s1. The number of likely N-dealkylation sites (tertiary alicyclic amines) is 1. The SMILES string of the molecule is CCC1CCN(C(=O)C(c2ccccc2)n2cnc(NC(=O)[C@@H](COCc3ccccc3)NC(=O)C(C)(C)NC(=O)OC(C)(C)C)c2)CC1. The minimum atomic E-state index is -1.42. The maximum atomic E-state index is 13.9. The first-order valence-electron chi connectivity index (χ1n) is 16.9.